The van der Waals surface area contributed by atoms with Gasteiger partial charge in [-0.25, -0.2) is 4.98 Å². The zero-order valence-electron chi connectivity index (χ0n) is 17.3. The fourth-order valence-electron chi connectivity index (χ4n) is 4.07. The van der Waals surface area contributed by atoms with Crippen LogP contribution >= 0.6 is 15.9 Å². The summed E-state index contributed by atoms with van der Waals surface area (Å²) in [5, 5.41) is 5.30. The van der Waals surface area contributed by atoms with Crippen LogP contribution in [0.3, 0.4) is 0 Å². The van der Waals surface area contributed by atoms with Gasteiger partial charge in [-0.3, -0.25) is 29.1 Å². The van der Waals surface area contributed by atoms with E-state index in [1.165, 1.54) is 4.57 Å². The van der Waals surface area contributed by atoms with Gasteiger partial charge in [-0.2, -0.15) is 0 Å². The van der Waals surface area contributed by atoms with E-state index in [1.54, 1.807) is 37.3 Å². The maximum absolute atomic E-state index is 13.3. The van der Waals surface area contributed by atoms with Crippen LogP contribution in [-0.4, -0.2) is 34.1 Å². The van der Waals surface area contributed by atoms with Gasteiger partial charge in [0, 0.05) is 10.9 Å². The van der Waals surface area contributed by atoms with Gasteiger partial charge in [0.1, 0.15) is 17.4 Å². The van der Waals surface area contributed by atoms with Crippen LogP contribution in [0, 0.1) is 6.92 Å². The largest absolute Gasteiger partial charge is 0.454 e. The molecule has 3 aromatic rings. The maximum atomic E-state index is 13.3. The van der Waals surface area contributed by atoms with Crippen LogP contribution in [0.15, 0.2) is 39.6 Å². The molecule has 2 aliphatic heterocycles. The van der Waals surface area contributed by atoms with Gasteiger partial charge in [-0.15, -0.1) is 0 Å². The summed E-state index contributed by atoms with van der Waals surface area (Å²) in [5.41, 5.74) is 0.450. The average molecular weight is 513 g/mol. The summed E-state index contributed by atoms with van der Waals surface area (Å²) in [7, 11) is 0. The molecule has 1 atom stereocenters. The molecule has 0 saturated carbocycles. The molecule has 3 amide bonds. The molecule has 0 aliphatic carbocycles. The number of amides is 3. The highest BCUT2D eigenvalue weighted by Gasteiger charge is 2.31. The summed E-state index contributed by atoms with van der Waals surface area (Å²) in [4.78, 5) is 54.8. The van der Waals surface area contributed by atoms with Crippen molar-refractivity contribution in [3.63, 3.8) is 0 Å². The standard InChI is InChI=1S/C22H17BrN4O6/c1-10-24-18-11(22(31)27(10)14-6-8-16(28)26-20(14)29)3-2-4-13(18)25-21(30)17-12(23)5-7-15-19(17)33-9-32-15/h2-5,7,14H,6,8-9H2,1H3,(H,25,30)(H,26,28,29). The Morgan fingerprint density at radius 3 is 2.82 bits per heavy atom. The number of aromatic nitrogens is 2. The van der Waals surface area contributed by atoms with Crippen LogP contribution in [-0.2, 0) is 9.59 Å². The molecule has 168 valence electrons. The number of nitrogens with zero attached hydrogens (tertiary/aromatic N) is 2. The van der Waals surface area contributed by atoms with Gasteiger partial charge in [-0.1, -0.05) is 6.07 Å². The first-order valence-corrected chi connectivity index (χ1v) is 10.9. The molecule has 1 fully saturated rings. The van der Waals surface area contributed by atoms with Crippen molar-refractivity contribution in [1.29, 1.82) is 0 Å². The lowest BCUT2D eigenvalue weighted by Gasteiger charge is -2.24. The number of para-hydroxylation sites is 1. The number of nitrogens with one attached hydrogen (secondary N) is 2. The Hall–Kier alpha value is -3.73. The highest BCUT2D eigenvalue weighted by Crippen LogP contribution is 2.40. The Labute approximate surface area is 195 Å². The minimum atomic E-state index is -0.828. The second-order valence-corrected chi connectivity index (χ2v) is 8.47. The maximum Gasteiger partial charge on any atom is 0.262 e. The fraction of sp³-hybridized carbons (Fsp3) is 0.227. The second-order valence-electron chi connectivity index (χ2n) is 7.61. The Kier molecular flexibility index (Phi) is 5.12. The highest BCUT2D eigenvalue weighted by molar-refractivity contribution is 9.10. The fourth-order valence-corrected chi connectivity index (χ4v) is 4.56. The molecule has 2 aromatic carbocycles. The molecule has 1 unspecified atom stereocenters. The van der Waals surface area contributed by atoms with E-state index in [9.17, 15) is 19.2 Å². The smallest absolute Gasteiger partial charge is 0.262 e. The lowest BCUT2D eigenvalue weighted by atomic mass is 10.1. The van der Waals surface area contributed by atoms with Gasteiger partial charge in [0.15, 0.2) is 11.5 Å². The normalized spacial score (nSPS) is 17.2. The monoisotopic (exact) mass is 512 g/mol. The SMILES string of the molecule is Cc1nc2c(NC(=O)c3c(Br)ccc4c3OCO4)cccc2c(=O)n1C1CCC(=O)NC1=O. The van der Waals surface area contributed by atoms with Gasteiger partial charge in [0.2, 0.25) is 18.6 Å². The first-order valence-electron chi connectivity index (χ1n) is 10.1. The Morgan fingerprint density at radius 1 is 1.21 bits per heavy atom. The summed E-state index contributed by atoms with van der Waals surface area (Å²) in [6.07, 6.45) is 0.350. The first-order chi connectivity index (χ1) is 15.8. The van der Waals surface area contributed by atoms with Gasteiger partial charge in [-0.05, 0) is 53.5 Å². The molecule has 2 N–H and O–H groups in total. The summed E-state index contributed by atoms with van der Waals surface area (Å²) in [5.74, 6) is -0.290. The molecule has 0 radical (unpaired) electrons. The number of halogens is 1. The van der Waals surface area contributed by atoms with Crippen molar-refractivity contribution in [2.24, 2.45) is 0 Å². The Bertz CT molecular complexity index is 1420. The number of imide groups is 1. The van der Waals surface area contributed by atoms with Crippen molar-refractivity contribution < 1.29 is 23.9 Å². The Morgan fingerprint density at radius 2 is 2.03 bits per heavy atom. The van der Waals surface area contributed by atoms with Crippen LogP contribution in [0.25, 0.3) is 10.9 Å². The molecule has 33 heavy (non-hydrogen) atoms. The van der Waals surface area contributed by atoms with E-state index < -0.39 is 23.4 Å². The van der Waals surface area contributed by atoms with Crippen molar-refractivity contribution in [3.8, 4) is 11.5 Å². The molecule has 11 heteroatoms. The molecular weight excluding hydrogens is 496 g/mol. The number of fused-ring (bicyclic) bond motifs is 2. The third-order valence-electron chi connectivity index (χ3n) is 5.59. The first kappa shape index (κ1) is 21.1. The van der Waals surface area contributed by atoms with E-state index >= 15 is 0 Å². The molecule has 0 spiro atoms. The van der Waals surface area contributed by atoms with Crippen molar-refractivity contribution in [2.45, 2.75) is 25.8 Å². The number of benzene rings is 2. The van der Waals surface area contributed by atoms with Gasteiger partial charge in [0.25, 0.3) is 11.5 Å². The van der Waals surface area contributed by atoms with Crippen LogP contribution in [0.5, 0.6) is 11.5 Å². The van der Waals surface area contributed by atoms with E-state index in [4.69, 9.17) is 9.47 Å². The predicted octanol–water partition coefficient (Wildman–Crippen LogP) is 2.43. The topological polar surface area (TPSA) is 129 Å². The number of hydrogen-bond acceptors (Lipinski definition) is 7. The molecule has 10 nitrogen and oxygen atoms in total. The number of anilines is 1. The predicted molar refractivity (Wildman–Crippen MR) is 120 cm³/mol. The van der Waals surface area contributed by atoms with Crippen molar-refractivity contribution in [1.82, 2.24) is 14.9 Å². The van der Waals surface area contributed by atoms with E-state index in [1.807, 2.05) is 0 Å². The molecule has 2 aliphatic rings. The number of ether oxygens (including phenoxy) is 2. The van der Waals surface area contributed by atoms with Crippen LogP contribution in [0.1, 0.15) is 35.1 Å². The lowest BCUT2D eigenvalue weighted by Crippen LogP contribution is -2.45. The average Bonchev–Trinajstić information content (AvgIpc) is 3.24. The number of carbonyl (C=O) groups excluding carboxylic acids is 3. The number of carbonyl (C=O) groups is 3. The summed E-state index contributed by atoms with van der Waals surface area (Å²) < 4.78 is 12.6. The zero-order valence-corrected chi connectivity index (χ0v) is 18.9. The Balaban J connectivity index is 1.56. The van der Waals surface area contributed by atoms with E-state index in [0.717, 1.165) is 0 Å². The molecule has 1 aromatic heterocycles. The second kappa shape index (κ2) is 8.00. The van der Waals surface area contributed by atoms with E-state index in [-0.39, 0.29) is 42.0 Å². The van der Waals surface area contributed by atoms with Crippen molar-refractivity contribution in [2.75, 3.05) is 12.1 Å². The molecular formula is C22H17BrN4O6. The minimum absolute atomic E-state index is 0.0148. The molecule has 1 saturated heterocycles. The summed E-state index contributed by atoms with van der Waals surface area (Å²) >= 11 is 3.37. The van der Waals surface area contributed by atoms with Crippen LogP contribution < -0.4 is 25.7 Å². The number of piperidine rings is 1. The molecule has 0 bridgehead atoms. The molecule has 3 heterocycles. The van der Waals surface area contributed by atoms with Gasteiger partial charge in [0.05, 0.1) is 16.6 Å². The minimum Gasteiger partial charge on any atom is -0.454 e. The van der Waals surface area contributed by atoms with Crippen LogP contribution in [0.4, 0.5) is 5.69 Å². The quantitative estimate of drug-likeness (QED) is 0.515. The third kappa shape index (κ3) is 3.54. The van der Waals surface area contributed by atoms with Crippen LogP contribution in [0.2, 0.25) is 0 Å². The summed E-state index contributed by atoms with van der Waals surface area (Å²) in [6.45, 7) is 1.62. The zero-order chi connectivity index (χ0) is 23.3. The third-order valence-corrected chi connectivity index (χ3v) is 6.25. The van der Waals surface area contributed by atoms with Crippen molar-refractivity contribution >= 4 is 50.2 Å². The number of hydrogen-bond donors (Lipinski definition) is 2. The molecule has 5 rings (SSSR count). The number of rotatable bonds is 3. The lowest BCUT2D eigenvalue weighted by molar-refractivity contribution is -0.135. The highest BCUT2D eigenvalue weighted by atomic mass is 79.9. The van der Waals surface area contributed by atoms with E-state index in [2.05, 4.69) is 31.5 Å². The number of aryl methyl sites for hydroxylation is 1. The van der Waals surface area contributed by atoms with Gasteiger partial charge < -0.3 is 14.8 Å². The summed E-state index contributed by atoms with van der Waals surface area (Å²) in [6, 6.07) is 7.39. The van der Waals surface area contributed by atoms with E-state index in [0.29, 0.717) is 27.5 Å². The van der Waals surface area contributed by atoms with Crippen molar-refractivity contribution in [3.05, 3.63) is 56.5 Å². The van der Waals surface area contributed by atoms with Gasteiger partial charge >= 0.3 is 0 Å².